The molecule has 0 unspecified atom stereocenters. The van der Waals surface area contributed by atoms with Gasteiger partial charge < -0.3 is 14.6 Å². The summed E-state index contributed by atoms with van der Waals surface area (Å²) in [6.45, 7) is 9.22. The standard InChI is InChI=1S/C15H26N4O/c1-15(2,3)16-8-13-17-18-14(20-13)19(9-11-4-5-11)10-12-6-7-12/h11-12,16H,4-10H2,1-3H3. The van der Waals surface area contributed by atoms with Crippen LogP contribution in [0.4, 0.5) is 6.01 Å². The minimum Gasteiger partial charge on any atom is -0.407 e. The lowest BCUT2D eigenvalue weighted by atomic mass is 10.1. The van der Waals surface area contributed by atoms with Gasteiger partial charge in [0.15, 0.2) is 0 Å². The van der Waals surface area contributed by atoms with Crippen molar-refractivity contribution in [3.63, 3.8) is 0 Å². The molecule has 0 amide bonds. The second-order valence-corrected chi connectivity index (χ2v) is 7.37. The number of nitrogens with zero attached hydrogens (tertiary/aromatic N) is 3. The zero-order valence-corrected chi connectivity index (χ0v) is 12.9. The first kappa shape index (κ1) is 13.9. The second-order valence-electron chi connectivity index (χ2n) is 7.37. The Labute approximate surface area is 121 Å². The van der Waals surface area contributed by atoms with Crippen LogP contribution in [0.2, 0.25) is 0 Å². The summed E-state index contributed by atoms with van der Waals surface area (Å²) in [7, 11) is 0. The van der Waals surface area contributed by atoms with Crippen LogP contribution in [0.3, 0.4) is 0 Å². The average molecular weight is 278 g/mol. The van der Waals surface area contributed by atoms with E-state index < -0.39 is 0 Å². The fourth-order valence-corrected chi connectivity index (χ4v) is 2.24. The minimum atomic E-state index is 0.0658. The van der Waals surface area contributed by atoms with Gasteiger partial charge in [0.05, 0.1) is 6.54 Å². The quantitative estimate of drug-likeness (QED) is 0.831. The SMILES string of the molecule is CC(C)(C)NCc1nnc(N(CC2CC2)CC2CC2)o1. The summed E-state index contributed by atoms with van der Waals surface area (Å²) in [5.41, 5.74) is 0.0658. The van der Waals surface area contributed by atoms with Gasteiger partial charge in [0.2, 0.25) is 5.89 Å². The first-order valence-corrected chi connectivity index (χ1v) is 7.82. The molecule has 0 aromatic carbocycles. The molecular formula is C15H26N4O. The van der Waals surface area contributed by atoms with Crippen LogP contribution in [0.5, 0.6) is 0 Å². The molecule has 5 nitrogen and oxygen atoms in total. The summed E-state index contributed by atoms with van der Waals surface area (Å²) in [6.07, 6.45) is 5.42. The normalized spacial score (nSPS) is 19.4. The molecule has 3 rings (SSSR count). The van der Waals surface area contributed by atoms with Gasteiger partial charge in [-0.15, -0.1) is 5.10 Å². The number of hydrogen-bond donors (Lipinski definition) is 1. The Balaban J connectivity index is 1.59. The van der Waals surface area contributed by atoms with E-state index in [1.54, 1.807) is 0 Å². The molecule has 1 aromatic rings. The van der Waals surface area contributed by atoms with E-state index in [0.29, 0.717) is 12.4 Å². The van der Waals surface area contributed by atoms with Crippen LogP contribution in [0.1, 0.15) is 52.3 Å². The Morgan fingerprint density at radius 2 is 1.70 bits per heavy atom. The zero-order valence-electron chi connectivity index (χ0n) is 12.9. The molecule has 0 bridgehead atoms. The molecule has 112 valence electrons. The average Bonchev–Trinajstić information content (AvgIpc) is 3.28. The van der Waals surface area contributed by atoms with E-state index in [9.17, 15) is 0 Å². The molecule has 20 heavy (non-hydrogen) atoms. The van der Waals surface area contributed by atoms with Crippen LogP contribution in [-0.4, -0.2) is 28.8 Å². The van der Waals surface area contributed by atoms with Crippen LogP contribution < -0.4 is 10.2 Å². The fourth-order valence-electron chi connectivity index (χ4n) is 2.24. The third-order valence-electron chi connectivity index (χ3n) is 3.85. The van der Waals surface area contributed by atoms with Gasteiger partial charge in [0.1, 0.15) is 0 Å². The van der Waals surface area contributed by atoms with E-state index in [1.165, 1.54) is 25.7 Å². The summed E-state index contributed by atoms with van der Waals surface area (Å²) in [4.78, 5) is 2.31. The topological polar surface area (TPSA) is 54.2 Å². The Bertz CT molecular complexity index is 429. The highest BCUT2D eigenvalue weighted by atomic mass is 16.4. The molecule has 5 heteroatoms. The lowest BCUT2D eigenvalue weighted by Gasteiger charge is -2.20. The third-order valence-corrected chi connectivity index (χ3v) is 3.85. The van der Waals surface area contributed by atoms with E-state index in [4.69, 9.17) is 4.42 Å². The van der Waals surface area contributed by atoms with E-state index in [1.807, 2.05) is 0 Å². The molecule has 1 N–H and O–H groups in total. The van der Waals surface area contributed by atoms with Gasteiger partial charge in [-0.3, -0.25) is 0 Å². The van der Waals surface area contributed by atoms with Crippen LogP contribution >= 0.6 is 0 Å². The molecular weight excluding hydrogens is 252 g/mol. The fraction of sp³-hybridized carbons (Fsp3) is 0.867. The number of hydrogen-bond acceptors (Lipinski definition) is 5. The smallest absolute Gasteiger partial charge is 0.318 e. The van der Waals surface area contributed by atoms with Crippen LogP contribution in [0, 0.1) is 11.8 Å². The number of anilines is 1. The molecule has 1 aromatic heterocycles. The van der Waals surface area contributed by atoms with Crippen LogP contribution in [-0.2, 0) is 6.54 Å². The van der Waals surface area contributed by atoms with Gasteiger partial charge in [-0.05, 0) is 58.3 Å². The van der Waals surface area contributed by atoms with Crippen molar-refractivity contribution in [1.82, 2.24) is 15.5 Å². The lowest BCUT2D eigenvalue weighted by Crippen LogP contribution is -2.35. The molecule has 0 saturated heterocycles. The molecule has 2 saturated carbocycles. The van der Waals surface area contributed by atoms with Crippen molar-refractivity contribution in [2.24, 2.45) is 11.8 Å². The molecule has 2 aliphatic rings. The van der Waals surface area contributed by atoms with Crippen molar-refractivity contribution >= 4 is 6.01 Å². The summed E-state index contributed by atoms with van der Waals surface area (Å²) in [5, 5.41) is 11.8. The summed E-state index contributed by atoms with van der Waals surface area (Å²) >= 11 is 0. The monoisotopic (exact) mass is 278 g/mol. The van der Waals surface area contributed by atoms with E-state index >= 15 is 0 Å². The predicted molar refractivity (Wildman–Crippen MR) is 78.6 cm³/mol. The highest BCUT2D eigenvalue weighted by Crippen LogP contribution is 2.35. The van der Waals surface area contributed by atoms with Crippen molar-refractivity contribution in [2.75, 3.05) is 18.0 Å². The van der Waals surface area contributed by atoms with Gasteiger partial charge in [0.25, 0.3) is 0 Å². The van der Waals surface area contributed by atoms with Gasteiger partial charge in [-0.1, -0.05) is 5.10 Å². The Morgan fingerprint density at radius 1 is 1.10 bits per heavy atom. The molecule has 0 atom stereocenters. The predicted octanol–water partition coefficient (Wildman–Crippen LogP) is 2.58. The van der Waals surface area contributed by atoms with E-state index in [2.05, 4.69) is 41.2 Å². The van der Waals surface area contributed by atoms with Crippen molar-refractivity contribution < 1.29 is 4.42 Å². The first-order valence-electron chi connectivity index (χ1n) is 7.82. The number of rotatable bonds is 7. The molecule has 0 radical (unpaired) electrons. The maximum Gasteiger partial charge on any atom is 0.318 e. The minimum absolute atomic E-state index is 0.0658. The maximum absolute atomic E-state index is 5.84. The Morgan fingerprint density at radius 3 is 2.20 bits per heavy atom. The molecule has 2 fully saturated rings. The van der Waals surface area contributed by atoms with Crippen LogP contribution in [0.25, 0.3) is 0 Å². The van der Waals surface area contributed by atoms with Crippen molar-refractivity contribution in [1.29, 1.82) is 0 Å². The Hall–Kier alpha value is -1.10. The first-order chi connectivity index (χ1) is 9.49. The second kappa shape index (κ2) is 5.35. The molecule has 1 heterocycles. The van der Waals surface area contributed by atoms with Crippen molar-refractivity contribution in [2.45, 2.75) is 58.5 Å². The van der Waals surface area contributed by atoms with E-state index in [-0.39, 0.29) is 5.54 Å². The van der Waals surface area contributed by atoms with Gasteiger partial charge in [-0.2, -0.15) is 0 Å². The lowest BCUT2D eigenvalue weighted by molar-refractivity contribution is 0.379. The molecule has 2 aliphatic carbocycles. The van der Waals surface area contributed by atoms with Crippen molar-refractivity contribution in [3.05, 3.63) is 5.89 Å². The number of aromatic nitrogens is 2. The largest absolute Gasteiger partial charge is 0.407 e. The van der Waals surface area contributed by atoms with Crippen LogP contribution in [0.15, 0.2) is 4.42 Å². The van der Waals surface area contributed by atoms with Gasteiger partial charge in [0, 0.05) is 18.6 Å². The summed E-state index contributed by atoms with van der Waals surface area (Å²) in [6, 6.07) is 0.717. The van der Waals surface area contributed by atoms with E-state index in [0.717, 1.165) is 30.9 Å². The zero-order chi connectivity index (χ0) is 14.2. The third kappa shape index (κ3) is 4.20. The van der Waals surface area contributed by atoms with Crippen molar-refractivity contribution in [3.8, 4) is 0 Å². The highest BCUT2D eigenvalue weighted by molar-refractivity contribution is 5.25. The maximum atomic E-state index is 5.84. The number of nitrogens with one attached hydrogen (secondary N) is 1. The van der Waals surface area contributed by atoms with Gasteiger partial charge in [-0.25, -0.2) is 0 Å². The van der Waals surface area contributed by atoms with Gasteiger partial charge >= 0.3 is 6.01 Å². The highest BCUT2D eigenvalue weighted by Gasteiger charge is 2.31. The molecule has 0 spiro atoms. The summed E-state index contributed by atoms with van der Waals surface area (Å²) < 4.78 is 5.84. The molecule has 0 aliphatic heterocycles. The Kier molecular flexibility index (Phi) is 3.71. The summed E-state index contributed by atoms with van der Waals surface area (Å²) in [5.74, 6) is 2.38.